The fourth-order valence-corrected chi connectivity index (χ4v) is 2.51. The Hall–Kier alpha value is -1.81. The maximum atomic E-state index is 12.3. The van der Waals surface area contributed by atoms with Gasteiger partial charge >= 0.3 is 5.97 Å². The molecule has 0 aliphatic carbocycles. The summed E-state index contributed by atoms with van der Waals surface area (Å²) in [4.78, 5) is 12.3. The Morgan fingerprint density at radius 1 is 1.32 bits per heavy atom. The number of aromatic nitrogens is 1. The van der Waals surface area contributed by atoms with E-state index in [1.807, 2.05) is 42.1 Å². The van der Waals surface area contributed by atoms with Gasteiger partial charge in [0, 0.05) is 37.0 Å². The zero-order chi connectivity index (χ0) is 13.2. The Morgan fingerprint density at radius 2 is 2.05 bits per heavy atom. The van der Waals surface area contributed by atoms with E-state index in [4.69, 9.17) is 9.47 Å². The molecule has 0 unspecified atom stereocenters. The van der Waals surface area contributed by atoms with Crippen LogP contribution in [0.1, 0.15) is 23.2 Å². The van der Waals surface area contributed by atoms with Crippen LogP contribution in [-0.2, 0) is 16.5 Å². The second-order valence-electron chi connectivity index (χ2n) is 4.89. The largest absolute Gasteiger partial charge is 0.459 e. The molecule has 0 radical (unpaired) electrons. The van der Waals surface area contributed by atoms with E-state index in [9.17, 15) is 4.79 Å². The van der Waals surface area contributed by atoms with Gasteiger partial charge in [0.05, 0.1) is 18.8 Å². The molecule has 0 amide bonds. The third kappa shape index (κ3) is 2.36. The van der Waals surface area contributed by atoms with Crippen molar-refractivity contribution in [1.29, 1.82) is 0 Å². The standard InChI is InChI=1S/C15H17NO3/c1-16-10-13(12-4-2-3-5-14(12)16)15(17)19-11-6-8-18-9-7-11/h2-5,10-11H,6-9H2,1H3. The number of esters is 1. The quantitative estimate of drug-likeness (QED) is 0.778. The first-order chi connectivity index (χ1) is 9.25. The van der Waals surface area contributed by atoms with Gasteiger partial charge in [-0.3, -0.25) is 0 Å². The van der Waals surface area contributed by atoms with E-state index in [0.717, 1.165) is 23.7 Å². The molecule has 0 saturated carbocycles. The van der Waals surface area contributed by atoms with Gasteiger partial charge in [0.1, 0.15) is 6.10 Å². The number of ether oxygens (including phenoxy) is 2. The van der Waals surface area contributed by atoms with Crippen LogP contribution in [0.3, 0.4) is 0 Å². The van der Waals surface area contributed by atoms with E-state index in [1.54, 1.807) is 0 Å². The van der Waals surface area contributed by atoms with E-state index in [2.05, 4.69) is 0 Å². The minimum atomic E-state index is -0.233. The summed E-state index contributed by atoms with van der Waals surface area (Å²) < 4.78 is 12.8. The topological polar surface area (TPSA) is 40.5 Å². The van der Waals surface area contributed by atoms with Gasteiger partial charge in [-0.05, 0) is 6.07 Å². The van der Waals surface area contributed by atoms with E-state index in [-0.39, 0.29) is 12.1 Å². The van der Waals surface area contributed by atoms with Crippen molar-refractivity contribution >= 4 is 16.9 Å². The summed E-state index contributed by atoms with van der Waals surface area (Å²) >= 11 is 0. The molecule has 100 valence electrons. The lowest BCUT2D eigenvalue weighted by atomic mass is 10.1. The number of fused-ring (bicyclic) bond motifs is 1. The highest BCUT2D eigenvalue weighted by atomic mass is 16.6. The van der Waals surface area contributed by atoms with Crippen LogP contribution in [0.15, 0.2) is 30.5 Å². The lowest BCUT2D eigenvalue weighted by Crippen LogP contribution is -2.26. The van der Waals surface area contributed by atoms with Gasteiger partial charge in [0.2, 0.25) is 0 Å². The average Bonchev–Trinajstić information content (AvgIpc) is 2.78. The molecule has 4 nitrogen and oxygen atoms in total. The lowest BCUT2D eigenvalue weighted by molar-refractivity contribution is -0.0157. The Balaban J connectivity index is 1.85. The van der Waals surface area contributed by atoms with Crippen molar-refractivity contribution in [3.05, 3.63) is 36.0 Å². The van der Waals surface area contributed by atoms with Crippen LogP contribution in [0.5, 0.6) is 0 Å². The first-order valence-corrected chi connectivity index (χ1v) is 6.58. The van der Waals surface area contributed by atoms with Crippen LogP contribution in [-0.4, -0.2) is 29.9 Å². The van der Waals surface area contributed by atoms with E-state index in [0.29, 0.717) is 18.8 Å². The van der Waals surface area contributed by atoms with E-state index in [1.165, 1.54) is 0 Å². The summed E-state index contributed by atoms with van der Waals surface area (Å²) in [5, 5.41) is 0.946. The number of carbonyl (C=O) groups is 1. The first-order valence-electron chi connectivity index (χ1n) is 6.58. The lowest BCUT2D eigenvalue weighted by Gasteiger charge is -2.22. The van der Waals surface area contributed by atoms with Crippen molar-refractivity contribution in [1.82, 2.24) is 4.57 Å². The van der Waals surface area contributed by atoms with Crippen molar-refractivity contribution in [2.45, 2.75) is 18.9 Å². The van der Waals surface area contributed by atoms with Crippen molar-refractivity contribution < 1.29 is 14.3 Å². The molecule has 1 aromatic carbocycles. The molecule has 1 saturated heterocycles. The SMILES string of the molecule is Cn1cc(C(=O)OC2CCOCC2)c2ccccc21. The van der Waals surface area contributed by atoms with Crippen LogP contribution >= 0.6 is 0 Å². The Bertz CT molecular complexity index is 596. The maximum absolute atomic E-state index is 12.3. The summed E-state index contributed by atoms with van der Waals surface area (Å²) in [7, 11) is 1.94. The number of aryl methyl sites for hydroxylation is 1. The van der Waals surface area contributed by atoms with E-state index >= 15 is 0 Å². The molecule has 2 aromatic rings. The van der Waals surface area contributed by atoms with Gasteiger partial charge in [0.15, 0.2) is 0 Å². The van der Waals surface area contributed by atoms with Gasteiger partial charge in [-0.15, -0.1) is 0 Å². The van der Waals surface area contributed by atoms with Gasteiger partial charge < -0.3 is 14.0 Å². The summed E-state index contributed by atoms with van der Waals surface area (Å²) in [6.07, 6.45) is 3.40. The fourth-order valence-electron chi connectivity index (χ4n) is 2.51. The molecule has 0 bridgehead atoms. The van der Waals surface area contributed by atoms with Gasteiger partial charge in [0.25, 0.3) is 0 Å². The van der Waals surface area contributed by atoms with Crippen LogP contribution in [0.25, 0.3) is 10.9 Å². The predicted molar refractivity (Wildman–Crippen MR) is 72.2 cm³/mol. The molecule has 1 aromatic heterocycles. The van der Waals surface area contributed by atoms with Crippen molar-refractivity contribution in [2.24, 2.45) is 7.05 Å². The molecule has 0 N–H and O–H groups in total. The highest BCUT2D eigenvalue weighted by molar-refractivity contribution is 6.04. The van der Waals surface area contributed by atoms with Crippen LogP contribution < -0.4 is 0 Å². The zero-order valence-electron chi connectivity index (χ0n) is 11.0. The smallest absolute Gasteiger partial charge is 0.340 e. The minimum Gasteiger partial charge on any atom is -0.459 e. The number of para-hydroxylation sites is 1. The first kappa shape index (κ1) is 12.2. The molecule has 2 heterocycles. The number of benzene rings is 1. The summed E-state index contributed by atoms with van der Waals surface area (Å²) in [6.45, 7) is 1.35. The van der Waals surface area contributed by atoms with Crippen molar-refractivity contribution in [3.63, 3.8) is 0 Å². The third-order valence-corrected chi connectivity index (χ3v) is 3.56. The molecule has 1 fully saturated rings. The minimum absolute atomic E-state index is 0.0137. The average molecular weight is 259 g/mol. The maximum Gasteiger partial charge on any atom is 0.340 e. The molecule has 1 aliphatic rings. The highest BCUT2D eigenvalue weighted by Gasteiger charge is 2.21. The fraction of sp³-hybridized carbons (Fsp3) is 0.400. The number of rotatable bonds is 2. The molecule has 1 aliphatic heterocycles. The Morgan fingerprint density at radius 3 is 2.84 bits per heavy atom. The molecule has 4 heteroatoms. The van der Waals surface area contributed by atoms with Gasteiger partial charge in [-0.2, -0.15) is 0 Å². The van der Waals surface area contributed by atoms with Crippen LogP contribution in [0.4, 0.5) is 0 Å². The van der Waals surface area contributed by atoms with E-state index < -0.39 is 0 Å². The highest BCUT2D eigenvalue weighted by Crippen LogP contribution is 2.22. The third-order valence-electron chi connectivity index (χ3n) is 3.56. The number of hydrogen-bond acceptors (Lipinski definition) is 3. The molecule has 19 heavy (non-hydrogen) atoms. The second kappa shape index (κ2) is 5.05. The Kier molecular flexibility index (Phi) is 3.25. The number of nitrogens with zero attached hydrogens (tertiary/aromatic N) is 1. The number of carbonyl (C=O) groups excluding carboxylic acids is 1. The summed E-state index contributed by atoms with van der Waals surface area (Å²) in [5.74, 6) is -0.233. The van der Waals surface area contributed by atoms with Gasteiger partial charge in [-0.25, -0.2) is 4.79 Å². The molecule has 0 spiro atoms. The Labute approximate surface area is 111 Å². The van der Waals surface area contributed by atoms with Crippen molar-refractivity contribution in [2.75, 3.05) is 13.2 Å². The van der Waals surface area contributed by atoms with Gasteiger partial charge in [-0.1, -0.05) is 18.2 Å². The molecular weight excluding hydrogens is 242 g/mol. The monoisotopic (exact) mass is 259 g/mol. The predicted octanol–water partition coefficient (Wildman–Crippen LogP) is 2.51. The second-order valence-corrected chi connectivity index (χ2v) is 4.89. The van der Waals surface area contributed by atoms with Crippen LogP contribution in [0, 0.1) is 0 Å². The summed E-state index contributed by atoms with van der Waals surface area (Å²) in [6, 6.07) is 7.86. The van der Waals surface area contributed by atoms with Crippen molar-refractivity contribution in [3.8, 4) is 0 Å². The summed E-state index contributed by atoms with van der Waals surface area (Å²) in [5.41, 5.74) is 1.69. The normalized spacial score (nSPS) is 16.7. The zero-order valence-corrected chi connectivity index (χ0v) is 11.0. The number of hydrogen-bond donors (Lipinski definition) is 0. The van der Waals surface area contributed by atoms with Crippen LogP contribution in [0.2, 0.25) is 0 Å². The molecule has 3 rings (SSSR count). The molecule has 0 atom stereocenters. The molecular formula is C15H17NO3.